The fourth-order valence-electron chi connectivity index (χ4n) is 1.92. The van der Waals surface area contributed by atoms with Crippen LogP contribution in [0.3, 0.4) is 0 Å². The number of benzene rings is 1. The molecule has 0 nitrogen and oxygen atoms in total. The molecular formula is C11H13. The van der Waals surface area contributed by atoms with Gasteiger partial charge in [0.2, 0.25) is 0 Å². The summed E-state index contributed by atoms with van der Waals surface area (Å²) < 4.78 is 0. The fourth-order valence-corrected chi connectivity index (χ4v) is 1.92. The molecule has 1 aliphatic carbocycles. The normalized spacial score (nSPS) is 15.0. The maximum Gasteiger partial charge on any atom is -0.0121 e. The molecule has 2 rings (SSSR count). The molecular weight excluding hydrogens is 132 g/mol. The van der Waals surface area contributed by atoms with Crippen molar-refractivity contribution in [1.82, 2.24) is 0 Å². The SMILES string of the molecule is C[CH]c1cccc2c1CCC2. The molecule has 0 unspecified atom stereocenters. The zero-order chi connectivity index (χ0) is 7.68. The van der Waals surface area contributed by atoms with Gasteiger partial charge in [0.15, 0.2) is 0 Å². The van der Waals surface area contributed by atoms with E-state index in [1.54, 1.807) is 11.1 Å². The van der Waals surface area contributed by atoms with Gasteiger partial charge >= 0.3 is 0 Å². The van der Waals surface area contributed by atoms with E-state index in [2.05, 4.69) is 31.5 Å². The minimum absolute atomic E-state index is 1.29. The Morgan fingerprint density at radius 3 is 3.00 bits per heavy atom. The Labute approximate surface area is 68.3 Å². The number of hydrogen-bond acceptors (Lipinski definition) is 0. The van der Waals surface area contributed by atoms with Crippen LogP contribution >= 0.6 is 0 Å². The molecule has 0 spiro atoms. The van der Waals surface area contributed by atoms with Gasteiger partial charge in [0.05, 0.1) is 0 Å². The predicted molar refractivity (Wildman–Crippen MR) is 47.5 cm³/mol. The molecule has 57 valence electrons. The molecule has 1 radical (unpaired) electrons. The van der Waals surface area contributed by atoms with E-state index in [-0.39, 0.29) is 0 Å². The number of aryl methyl sites for hydroxylation is 1. The van der Waals surface area contributed by atoms with Crippen molar-refractivity contribution >= 4 is 0 Å². The van der Waals surface area contributed by atoms with Gasteiger partial charge in [-0.1, -0.05) is 25.1 Å². The van der Waals surface area contributed by atoms with Crippen LogP contribution in [0.4, 0.5) is 0 Å². The van der Waals surface area contributed by atoms with Crippen LogP contribution in [0.15, 0.2) is 18.2 Å². The third kappa shape index (κ3) is 1.07. The second-order valence-electron chi connectivity index (χ2n) is 3.13. The molecule has 0 saturated carbocycles. The minimum atomic E-state index is 1.29. The van der Waals surface area contributed by atoms with Crippen molar-refractivity contribution < 1.29 is 0 Å². The van der Waals surface area contributed by atoms with Gasteiger partial charge < -0.3 is 0 Å². The number of rotatable bonds is 1. The predicted octanol–water partition coefficient (Wildman–Crippen LogP) is 2.75. The highest BCUT2D eigenvalue weighted by atomic mass is 14.2. The molecule has 0 atom stereocenters. The van der Waals surface area contributed by atoms with Gasteiger partial charge in [-0.3, -0.25) is 0 Å². The molecule has 0 heterocycles. The standard InChI is InChI=1S/C11H13/c1-2-9-5-3-6-10-7-4-8-11(9)10/h2-3,5-6H,4,7-8H2,1H3. The van der Waals surface area contributed by atoms with Crippen LogP contribution < -0.4 is 0 Å². The maximum atomic E-state index is 2.26. The molecule has 1 aliphatic rings. The summed E-state index contributed by atoms with van der Waals surface area (Å²) in [5, 5.41) is 0. The zero-order valence-corrected chi connectivity index (χ0v) is 6.93. The van der Waals surface area contributed by atoms with Crippen LogP contribution in [0.25, 0.3) is 0 Å². The second kappa shape index (κ2) is 2.69. The topological polar surface area (TPSA) is 0 Å². The molecule has 0 aliphatic heterocycles. The van der Waals surface area contributed by atoms with E-state index < -0.39 is 0 Å². The average molecular weight is 145 g/mol. The summed E-state index contributed by atoms with van der Waals surface area (Å²) in [6, 6.07) is 6.64. The van der Waals surface area contributed by atoms with Gasteiger partial charge in [0.25, 0.3) is 0 Å². The van der Waals surface area contributed by atoms with Gasteiger partial charge in [-0.05, 0) is 42.4 Å². The van der Waals surface area contributed by atoms with Crippen molar-refractivity contribution in [2.45, 2.75) is 26.2 Å². The highest BCUT2D eigenvalue weighted by Crippen LogP contribution is 2.25. The Morgan fingerprint density at radius 1 is 1.27 bits per heavy atom. The van der Waals surface area contributed by atoms with E-state index in [9.17, 15) is 0 Å². The van der Waals surface area contributed by atoms with Crippen LogP contribution in [0.5, 0.6) is 0 Å². The van der Waals surface area contributed by atoms with E-state index in [1.807, 2.05) is 0 Å². The van der Waals surface area contributed by atoms with E-state index in [1.165, 1.54) is 24.8 Å². The first-order valence-corrected chi connectivity index (χ1v) is 4.32. The highest BCUT2D eigenvalue weighted by molar-refractivity contribution is 5.41. The lowest BCUT2D eigenvalue weighted by Crippen LogP contribution is -1.88. The lowest BCUT2D eigenvalue weighted by Gasteiger charge is -2.03. The summed E-state index contributed by atoms with van der Waals surface area (Å²) in [5.74, 6) is 0. The van der Waals surface area contributed by atoms with Crippen molar-refractivity contribution in [2.24, 2.45) is 0 Å². The van der Waals surface area contributed by atoms with Crippen molar-refractivity contribution in [3.63, 3.8) is 0 Å². The first-order chi connectivity index (χ1) is 5.42. The Bertz CT molecular complexity index is 261. The van der Waals surface area contributed by atoms with Gasteiger partial charge in [0, 0.05) is 0 Å². The van der Waals surface area contributed by atoms with E-state index in [0.29, 0.717) is 0 Å². The second-order valence-corrected chi connectivity index (χ2v) is 3.13. The number of hydrogen-bond donors (Lipinski definition) is 0. The molecule has 0 fully saturated rings. The summed E-state index contributed by atoms with van der Waals surface area (Å²) in [7, 11) is 0. The molecule has 1 aromatic rings. The highest BCUT2D eigenvalue weighted by Gasteiger charge is 2.12. The summed E-state index contributed by atoms with van der Waals surface area (Å²) in [6.45, 7) is 2.12. The van der Waals surface area contributed by atoms with E-state index in [4.69, 9.17) is 0 Å². The van der Waals surface area contributed by atoms with Crippen LogP contribution in [0.1, 0.15) is 30.0 Å². The Morgan fingerprint density at radius 2 is 2.18 bits per heavy atom. The maximum absolute atomic E-state index is 2.26. The average Bonchev–Trinajstić information content (AvgIpc) is 2.50. The van der Waals surface area contributed by atoms with Crippen molar-refractivity contribution in [3.05, 3.63) is 41.3 Å². The van der Waals surface area contributed by atoms with Gasteiger partial charge in [-0.15, -0.1) is 0 Å². The van der Waals surface area contributed by atoms with Crippen LogP contribution in [0.2, 0.25) is 0 Å². The molecule has 0 N–H and O–H groups in total. The summed E-state index contributed by atoms with van der Waals surface area (Å²) in [4.78, 5) is 0. The van der Waals surface area contributed by atoms with Crippen LogP contribution in [-0.2, 0) is 12.8 Å². The summed E-state index contributed by atoms with van der Waals surface area (Å²) in [5.41, 5.74) is 4.61. The van der Waals surface area contributed by atoms with Gasteiger partial charge in [-0.25, -0.2) is 0 Å². The van der Waals surface area contributed by atoms with E-state index >= 15 is 0 Å². The molecule has 0 aromatic heterocycles. The van der Waals surface area contributed by atoms with Crippen molar-refractivity contribution in [3.8, 4) is 0 Å². The number of fused-ring (bicyclic) bond motifs is 1. The van der Waals surface area contributed by atoms with Crippen molar-refractivity contribution in [1.29, 1.82) is 0 Å². The third-order valence-electron chi connectivity index (χ3n) is 2.49. The first kappa shape index (κ1) is 6.90. The molecule has 0 bridgehead atoms. The fraction of sp³-hybridized carbons (Fsp3) is 0.364. The lowest BCUT2D eigenvalue weighted by molar-refractivity contribution is 0.910. The lowest BCUT2D eigenvalue weighted by atomic mass is 10.0. The van der Waals surface area contributed by atoms with Crippen molar-refractivity contribution in [2.75, 3.05) is 0 Å². The Balaban J connectivity index is 2.50. The first-order valence-electron chi connectivity index (χ1n) is 4.32. The van der Waals surface area contributed by atoms with Gasteiger partial charge in [-0.2, -0.15) is 0 Å². The molecule has 0 heteroatoms. The van der Waals surface area contributed by atoms with E-state index in [0.717, 1.165) is 0 Å². The smallest absolute Gasteiger partial charge is 0.0121 e. The molecule has 0 amide bonds. The Kier molecular flexibility index (Phi) is 1.69. The largest absolute Gasteiger partial charge is 0.0617 e. The van der Waals surface area contributed by atoms with Crippen LogP contribution in [0, 0.1) is 6.42 Å². The molecule has 11 heavy (non-hydrogen) atoms. The third-order valence-corrected chi connectivity index (χ3v) is 2.49. The van der Waals surface area contributed by atoms with Gasteiger partial charge in [0.1, 0.15) is 0 Å². The molecule has 1 aromatic carbocycles. The Hall–Kier alpha value is -0.780. The zero-order valence-electron chi connectivity index (χ0n) is 6.93. The minimum Gasteiger partial charge on any atom is -0.0617 e. The summed E-state index contributed by atoms with van der Waals surface area (Å²) >= 11 is 0. The quantitative estimate of drug-likeness (QED) is 0.570. The monoisotopic (exact) mass is 145 g/mol. The van der Waals surface area contributed by atoms with Crippen LogP contribution in [-0.4, -0.2) is 0 Å². The summed E-state index contributed by atoms with van der Waals surface area (Å²) in [6.07, 6.45) is 6.14. The molecule has 0 saturated heterocycles.